The normalized spacial score (nSPS) is 15.3. The topological polar surface area (TPSA) is 21.7 Å². The van der Waals surface area contributed by atoms with Crippen molar-refractivity contribution in [3.8, 4) is 67.5 Å². The monoisotopic (exact) mass is 955 g/mol. The minimum absolute atomic E-state index is 0.653. The Balaban J connectivity index is 1.02. The minimum Gasteiger partial charge on any atom is -0.457 e. The molecule has 75 heavy (non-hydrogen) atoms. The fraction of sp³-hybridized carbons (Fsp3) is 0.0278. The van der Waals surface area contributed by atoms with E-state index in [1.54, 1.807) is 0 Å². The SMILES string of the molecule is c1ccc(-c2ccc(-c3ccccc3N(c3cccc4c3-c3ccccc3C43c4ccccc4Oc4ccccc43)c3cccc4c3-c3ccccc3C43c4ccccc4Oc4cc5ccccc5cc43)cc2)cc1. The van der Waals surface area contributed by atoms with Crippen LogP contribution in [0.15, 0.2) is 273 Å². The second-order valence-electron chi connectivity index (χ2n) is 20.2. The van der Waals surface area contributed by atoms with E-state index >= 15 is 0 Å². The van der Waals surface area contributed by atoms with Gasteiger partial charge in [0.05, 0.1) is 27.9 Å². The van der Waals surface area contributed by atoms with Crippen molar-refractivity contribution < 1.29 is 9.47 Å². The lowest BCUT2D eigenvalue weighted by molar-refractivity contribution is 0.436. The lowest BCUT2D eigenvalue weighted by Crippen LogP contribution is -2.32. The molecule has 16 rings (SSSR count). The van der Waals surface area contributed by atoms with Gasteiger partial charge < -0.3 is 14.4 Å². The fourth-order valence-electron chi connectivity index (χ4n) is 13.6. The molecular weight excluding hydrogens is 911 g/mol. The van der Waals surface area contributed by atoms with Crippen LogP contribution in [0.4, 0.5) is 17.1 Å². The zero-order chi connectivity index (χ0) is 49.2. The summed E-state index contributed by atoms with van der Waals surface area (Å²) >= 11 is 0. The van der Waals surface area contributed by atoms with Gasteiger partial charge in [-0.15, -0.1) is 0 Å². The van der Waals surface area contributed by atoms with Gasteiger partial charge in [-0.05, 0) is 109 Å². The maximum absolute atomic E-state index is 6.99. The van der Waals surface area contributed by atoms with Gasteiger partial charge in [0, 0.05) is 38.9 Å². The van der Waals surface area contributed by atoms with Gasteiger partial charge in [0.25, 0.3) is 0 Å². The lowest BCUT2D eigenvalue weighted by Gasteiger charge is -2.40. The molecule has 0 bridgehead atoms. The van der Waals surface area contributed by atoms with Crippen LogP contribution in [0, 0.1) is 0 Å². The van der Waals surface area contributed by atoms with Gasteiger partial charge in [-0.2, -0.15) is 0 Å². The van der Waals surface area contributed by atoms with Crippen molar-refractivity contribution in [2.24, 2.45) is 0 Å². The molecule has 0 fully saturated rings. The highest BCUT2D eigenvalue weighted by Gasteiger charge is 2.54. The molecule has 0 saturated carbocycles. The minimum atomic E-state index is -0.695. The molecule has 2 heterocycles. The zero-order valence-electron chi connectivity index (χ0n) is 40.7. The second-order valence-corrected chi connectivity index (χ2v) is 20.2. The maximum atomic E-state index is 6.99. The number of benzene rings is 12. The summed E-state index contributed by atoms with van der Waals surface area (Å²) in [5.41, 5.74) is 20.8. The molecule has 0 saturated heterocycles. The Bertz CT molecular complexity index is 4280. The third kappa shape index (κ3) is 5.70. The number of para-hydroxylation sites is 4. The number of ether oxygens (including phenoxy) is 2. The first-order chi connectivity index (χ1) is 37.2. The maximum Gasteiger partial charge on any atom is 0.132 e. The number of nitrogens with zero attached hydrogens (tertiary/aromatic N) is 1. The van der Waals surface area contributed by atoms with E-state index in [1.165, 1.54) is 61.0 Å². The first-order valence-corrected chi connectivity index (χ1v) is 25.9. The van der Waals surface area contributed by atoms with Gasteiger partial charge in [0.1, 0.15) is 23.0 Å². The summed E-state index contributed by atoms with van der Waals surface area (Å²) in [6, 6.07) is 100. The Morgan fingerprint density at radius 3 is 1.20 bits per heavy atom. The Hall–Kier alpha value is -9.70. The van der Waals surface area contributed by atoms with Crippen LogP contribution >= 0.6 is 0 Å². The summed E-state index contributed by atoms with van der Waals surface area (Å²) in [4.78, 5) is 2.59. The molecule has 2 aliphatic carbocycles. The Morgan fingerprint density at radius 1 is 0.240 bits per heavy atom. The zero-order valence-corrected chi connectivity index (χ0v) is 40.7. The highest BCUT2D eigenvalue weighted by molar-refractivity contribution is 6.05. The van der Waals surface area contributed by atoms with E-state index in [9.17, 15) is 0 Å². The van der Waals surface area contributed by atoms with Crippen LogP contribution in [0.3, 0.4) is 0 Å². The predicted octanol–water partition coefficient (Wildman–Crippen LogP) is 18.6. The summed E-state index contributed by atoms with van der Waals surface area (Å²) in [6.45, 7) is 0. The molecule has 4 aliphatic rings. The van der Waals surface area contributed by atoms with Crippen molar-refractivity contribution in [3.63, 3.8) is 0 Å². The lowest BCUT2D eigenvalue weighted by atomic mass is 9.66. The third-order valence-electron chi connectivity index (χ3n) is 16.6. The summed E-state index contributed by atoms with van der Waals surface area (Å²) in [5.74, 6) is 3.49. The molecule has 12 aromatic carbocycles. The van der Waals surface area contributed by atoms with Crippen molar-refractivity contribution in [1.82, 2.24) is 0 Å². The van der Waals surface area contributed by atoms with Crippen molar-refractivity contribution in [2.75, 3.05) is 4.90 Å². The molecule has 3 nitrogen and oxygen atoms in total. The molecule has 0 radical (unpaired) electrons. The van der Waals surface area contributed by atoms with E-state index in [2.05, 4.69) is 278 Å². The Morgan fingerprint density at radius 2 is 0.627 bits per heavy atom. The number of hydrogen-bond donors (Lipinski definition) is 0. The van der Waals surface area contributed by atoms with Gasteiger partial charge in [0.2, 0.25) is 0 Å². The van der Waals surface area contributed by atoms with Crippen LogP contribution < -0.4 is 14.4 Å². The van der Waals surface area contributed by atoms with Crippen LogP contribution in [-0.4, -0.2) is 0 Å². The smallest absolute Gasteiger partial charge is 0.132 e. The first kappa shape index (κ1) is 41.9. The van der Waals surface area contributed by atoms with E-state index in [1.807, 2.05) is 0 Å². The van der Waals surface area contributed by atoms with Crippen molar-refractivity contribution in [1.29, 1.82) is 0 Å². The predicted molar refractivity (Wildman–Crippen MR) is 304 cm³/mol. The molecule has 12 aromatic rings. The van der Waals surface area contributed by atoms with E-state index in [4.69, 9.17) is 9.47 Å². The standard InChI is InChI=1S/C72H45NO2/c1-2-20-46(21-3-1)47-40-42-48(43-41-47)51-24-8-14-34-62(51)73(63-35-18-32-59-69(63)52-25-6-9-27-54(52)71(59)56-29-11-15-37-65(56)74-66-38-16-12-30-57(66)71)64-36-19-33-60-70(64)53-26-7-10-28-55(53)72(60)58-31-13-17-39-67(58)75-68-45-50-23-5-4-22-49(50)44-61(68)72/h1-45H. The third-order valence-corrected chi connectivity index (χ3v) is 16.6. The summed E-state index contributed by atoms with van der Waals surface area (Å²) < 4.78 is 13.8. The summed E-state index contributed by atoms with van der Waals surface area (Å²) in [6.07, 6.45) is 0. The number of rotatable bonds is 5. The molecule has 350 valence electrons. The van der Waals surface area contributed by atoms with Gasteiger partial charge in [-0.25, -0.2) is 0 Å². The molecule has 1 atom stereocenters. The summed E-state index contributed by atoms with van der Waals surface area (Å²) in [5, 5.41) is 2.33. The van der Waals surface area contributed by atoms with E-state index in [-0.39, 0.29) is 0 Å². The first-order valence-electron chi connectivity index (χ1n) is 25.9. The molecule has 3 heteroatoms. The molecule has 0 amide bonds. The molecular formula is C72H45NO2. The van der Waals surface area contributed by atoms with Crippen LogP contribution in [0.1, 0.15) is 44.5 Å². The summed E-state index contributed by atoms with van der Waals surface area (Å²) in [7, 11) is 0. The van der Waals surface area contributed by atoms with Gasteiger partial charge >= 0.3 is 0 Å². The van der Waals surface area contributed by atoms with Crippen LogP contribution in [-0.2, 0) is 10.8 Å². The average Bonchev–Trinajstić information content (AvgIpc) is 4.16. The van der Waals surface area contributed by atoms with Crippen LogP contribution in [0.2, 0.25) is 0 Å². The average molecular weight is 956 g/mol. The van der Waals surface area contributed by atoms with Crippen LogP contribution in [0.5, 0.6) is 23.0 Å². The Kier molecular flexibility index (Phi) is 8.88. The molecule has 1 unspecified atom stereocenters. The van der Waals surface area contributed by atoms with E-state index < -0.39 is 10.8 Å². The highest BCUT2D eigenvalue weighted by Crippen LogP contribution is 2.67. The van der Waals surface area contributed by atoms with Crippen molar-refractivity contribution in [2.45, 2.75) is 10.8 Å². The van der Waals surface area contributed by atoms with Gasteiger partial charge in [-0.3, -0.25) is 0 Å². The number of fused-ring (bicyclic) bond motifs is 19. The molecule has 0 N–H and O–H groups in total. The van der Waals surface area contributed by atoms with Gasteiger partial charge in [0.15, 0.2) is 0 Å². The van der Waals surface area contributed by atoms with Gasteiger partial charge in [-0.1, -0.05) is 224 Å². The number of hydrogen-bond acceptors (Lipinski definition) is 3. The fourth-order valence-corrected chi connectivity index (χ4v) is 13.6. The Labute approximate surface area is 435 Å². The van der Waals surface area contributed by atoms with Crippen molar-refractivity contribution >= 4 is 27.8 Å². The second kappa shape index (κ2) is 15.9. The van der Waals surface area contributed by atoms with E-state index in [0.717, 1.165) is 78.8 Å². The van der Waals surface area contributed by atoms with E-state index in [0.29, 0.717) is 0 Å². The quantitative estimate of drug-likeness (QED) is 0.172. The molecule has 2 spiro atoms. The number of anilines is 3. The van der Waals surface area contributed by atoms with Crippen LogP contribution in [0.25, 0.3) is 55.3 Å². The molecule has 2 aliphatic heterocycles. The van der Waals surface area contributed by atoms with Crippen molar-refractivity contribution in [3.05, 3.63) is 317 Å². The highest BCUT2D eigenvalue weighted by atomic mass is 16.5. The molecule has 0 aromatic heterocycles. The largest absolute Gasteiger partial charge is 0.457 e.